The normalized spacial score (nSPS) is 11.2. The Hall–Kier alpha value is -2.90. The molecule has 2 N–H and O–H groups in total. The number of amides is 1. The number of para-hydroxylation sites is 1. The summed E-state index contributed by atoms with van der Waals surface area (Å²) < 4.78 is 41.8. The highest BCUT2D eigenvalue weighted by atomic mass is 35.5. The summed E-state index contributed by atoms with van der Waals surface area (Å²) in [5, 5.41) is 2.78. The van der Waals surface area contributed by atoms with Gasteiger partial charge < -0.3 is 5.32 Å². The Morgan fingerprint density at radius 1 is 0.967 bits per heavy atom. The van der Waals surface area contributed by atoms with Gasteiger partial charge in [0.05, 0.1) is 17.0 Å². The van der Waals surface area contributed by atoms with Crippen LogP contribution in [0.3, 0.4) is 0 Å². The smallest absolute Gasteiger partial charge is 0.261 e. The molecule has 0 aliphatic carbocycles. The molecule has 0 unspecified atom stereocenters. The van der Waals surface area contributed by atoms with Crippen LogP contribution in [0, 0.1) is 19.7 Å². The second kappa shape index (κ2) is 8.85. The zero-order valence-corrected chi connectivity index (χ0v) is 17.9. The van der Waals surface area contributed by atoms with Crippen LogP contribution in [0.15, 0.2) is 65.6 Å². The van der Waals surface area contributed by atoms with E-state index < -0.39 is 21.7 Å². The second-order valence-corrected chi connectivity index (χ2v) is 8.91. The van der Waals surface area contributed by atoms with Gasteiger partial charge in [-0.25, -0.2) is 12.8 Å². The van der Waals surface area contributed by atoms with Gasteiger partial charge in [-0.15, -0.1) is 0 Å². The average Bonchev–Trinajstić information content (AvgIpc) is 2.68. The van der Waals surface area contributed by atoms with E-state index in [1.807, 2.05) is 32.0 Å². The summed E-state index contributed by atoms with van der Waals surface area (Å²) in [6, 6.07) is 15.4. The molecule has 0 aliphatic heterocycles. The number of sulfonamides is 1. The van der Waals surface area contributed by atoms with E-state index in [0.29, 0.717) is 11.4 Å². The molecule has 0 heterocycles. The van der Waals surface area contributed by atoms with E-state index in [1.165, 1.54) is 42.5 Å². The van der Waals surface area contributed by atoms with Gasteiger partial charge in [-0.3, -0.25) is 9.52 Å². The number of carbonyl (C=O) groups excluding carboxylic acids is 1. The molecule has 0 aromatic heterocycles. The summed E-state index contributed by atoms with van der Waals surface area (Å²) in [5.74, 6) is -1.03. The molecule has 0 aliphatic rings. The van der Waals surface area contributed by atoms with Gasteiger partial charge in [0.25, 0.3) is 10.0 Å². The lowest BCUT2D eigenvalue weighted by Gasteiger charge is -2.13. The van der Waals surface area contributed by atoms with Crippen molar-refractivity contribution in [1.82, 2.24) is 0 Å². The third-order valence-corrected chi connectivity index (χ3v) is 6.28. The first-order chi connectivity index (χ1) is 14.2. The molecule has 8 heteroatoms. The summed E-state index contributed by atoms with van der Waals surface area (Å²) in [7, 11) is -3.79. The van der Waals surface area contributed by atoms with Crippen LogP contribution in [0.1, 0.15) is 16.7 Å². The predicted octanol–water partition coefficient (Wildman–Crippen LogP) is 5.08. The highest BCUT2D eigenvalue weighted by Crippen LogP contribution is 2.24. The van der Waals surface area contributed by atoms with Gasteiger partial charge in [0.15, 0.2) is 0 Å². The molecule has 0 bridgehead atoms. The van der Waals surface area contributed by atoms with Crippen LogP contribution in [-0.2, 0) is 21.2 Å². The minimum atomic E-state index is -3.79. The van der Waals surface area contributed by atoms with E-state index in [2.05, 4.69) is 10.0 Å². The number of anilines is 2. The van der Waals surface area contributed by atoms with Crippen LogP contribution in [0.5, 0.6) is 0 Å². The number of nitrogens with one attached hydrogen (secondary N) is 2. The van der Waals surface area contributed by atoms with Crippen molar-refractivity contribution < 1.29 is 17.6 Å². The Balaban J connectivity index is 1.72. The number of hydrogen-bond acceptors (Lipinski definition) is 3. The molecule has 0 saturated carbocycles. The van der Waals surface area contributed by atoms with Crippen LogP contribution in [0.4, 0.5) is 15.8 Å². The number of hydrogen-bond donors (Lipinski definition) is 2. The molecule has 0 fully saturated rings. The van der Waals surface area contributed by atoms with Gasteiger partial charge in [-0.05, 0) is 61.4 Å². The fourth-order valence-corrected chi connectivity index (χ4v) is 4.39. The van der Waals surface area contributed by atoms with Crippen molar-refractivity contribution >= 4 is 38.9 Å². The number of aryl methyl sites for hydroxylation is 2. The molecule has 30 heavy (non-hydrogen) atoms. The van der Waals surface area contributed by atoms with Gasteiger partial charge in [0, 0.05) is 16.3 Å². The maximum Gasteiger partial charge on any atom is 0.261 e. The molecule has 1 amide bonds. The largest absolute Gasteiger partial charge is 0.326 e. The number of rotatable bonds is 6. The highest BCUT2D eigenvalue weighted by molar-refractivity contribution is 7.92. The lowest BCUT2D eigenvalue weighted by atomic mass is 10.1. The molecule has 3 aromatic carbocycles. The summed E-state index contributed by atoms with van der Waals surface area (Å²) in [4.78, 5) is 12.3. The Kier molecular flexibility index (Phi) is 6.43. The summed E-state index contributed by atoms with van der Waals surface area (Å²) in [5.41, 5.74) is 2.66. The highest BCUT2D eigenvalue weighted by Gasteiger charge is 2.17. The van der Waals surface area contributed by atoms with Crippen LogP contribution in [-0.4, -0.2) is 14.3 Å². The third-order valence-electron chi connectivity index (χ3n) is 4.56. The molecular formula is C22H20ClFN2O3S. The number of halogens is 2. The van der Waals surface area contributed by atoms with Crippen molar-refractivity contribution in [2.24, 2.45) is 0 Å². The van der Waals surface area contributed by atoms with Crippen LogP contribution in [0.25, 0.3) is 0 Å². The quantitative estimate of drug-likeness (QED) is 0.554. The molecule has 156 valence electrons. The average molecular weight is 447 g/mol. The molecule has 3 aromatic rings. The Labute approximate surface area is 179 Å². The summed E-state index contributed by atoms with van der Waals surface area (Å²) in [6.45, 7) is 3.65. The van der Waals surface area contributed by atoms with Gasteiger partial charge in [0.1, 0.15) is 5.82 Å². The Morgan fingerprint density at radius 3 is 2.17 bits per heavy atom. The topological polar surface area (TPSA) is 75.3 Å². The van der Waals surface area contributed by atoms with Crippen molar-refractivity contribution in [2.45, 2.75) is 25.2 Å². The zero-order chi connectivity index (χ0) is 21.9. The van der Waals surface area contributed by atoms with Crippen LogP contribution < -0.4 is 10.0 Å². The molecule has 0 spiro atoms. The van der Waals surface area contributed by atoms with Crippen LogP contribution >= 0.6 is 11.6 Å². The van der Waals surface area contributed by atoms with Gasteiger partial charge >= 0.3 is 0 Å². The van der Waals surface area contributed by atoms with E-state index in [1.54, 1.807) is 0 Å². The molecule has 0 saturated heterocycles. The lowest BCUT2D eigenvalue weighted by molar-refractivity contribution is -0.115. The Bertz CT molecular complexity index is 1160. The summed E-state index contributed by atoms with van der Waals surface area (Å²) in [6.07, 6.45) is -0.236. The van der Waals surface area contributed by atoms with Crippen LogP contribution in [0.2, 0.25) is 5.02 Å². The summed E-state index contributed by atoms with van der Waals surface area (Å²) >= 11 is 5.94. The Morgan fingerprint density at radius 2 is 1.57 bits per heavy atom. The third kappa shape index (κ3) is 4.98. The molecule has 5 nitrogen and oxygen atoms in total. The van der Waals surface area contributed by atoms with Gasteiger partial charge in [-0.1, -0.05) is 35.9 Å². The standard InChI is InChI=1S/C22H20ClFN2O3S/c1-14-5-3-6-15(2)22(14)26-30(28,29)17-11-9-16(10-12-17)25-21(27)13-18-19(23)7-4-8-20(18)24/h3-12,26H,13H2,1-2H3,(H,25,27). The molecular weight excluding hydrogens is 427 g/mol. The first-order valence-corrected chi connectivity index (χ1v) is 11.0. The van der Waals surface area contributed by atoms with Gasteiger partial charge in [-0.2, -0.15) is 0 Å². The predicted molar refractivity (Wildman–Crippen MR) is 117 cm³/mol. The molecule has 3 rings (SSSR count). The first kappa shape index (κ1) is 21.8. The second-order valence-electron chi connectivity index (χ2n) is 6.82. The van der Waals surface area contributed by atoms with Crippen molar-refractivity contribution in [3.05, 3.63) is 88.2 Å². The van der Waals surface area contributed by atoms with Gasteiger partial charge in [0.2, 0.25) is 5.91 Å². The fourth-order valence-electron chi connectivity index (χ4n) is 2.95. The minimum absolute atomic E-state index is 0.0558. The number of carbonyl (C=O) groups is 1. The fraction of sp³-hybridized carbons (Fsp3) is 0.136. The maximum atomic E-state index is 13.8. The lowest BCUT2D eigenvalue weighted by Crippen LogP contribution is -2.16. The zero-order valence-electron chi connectivity index (χ0n) is 16.4. The van der Waals surface area contributed by atoms with E-state index in [4.69, 9.17) is 11.6 Å². The monoisotopic (exact) mass is 446 g/mol. The van der Waals surface area contributed by atoms with Crippen molar-refractivity contribution in [3.63, 3.8) is 0 Å². The molecule has 0 radical (unpaired) electrons. The van der Waals surface area contributed by atoms with Crippen molar-refractivity contribution in [2.75, 3.05) is 10.0 Å². The van der Waals surface area contributed by atoms with E-state index in [9.17, 15) is 17.6 Å². The SMILES string of the molecule is Cc1cccc(C)c1NS(=O)(=O)c1ccc(NC(=O)Cc2c(F)cccc2Cl)cc1. The van der Waals surface area contributed by atoms with Crippen molar-refractivity contribution in [1.29, 1.82) is 0 Å². The maximum absolute atomic E-state index is 13.8. The first-order valence-electron chi connectivity index (χ1n) is 9.09. The van der Waals surface area contributed by atoms with E-state index in [-0.39, 0.29) is 21.9 Å². The van der Waals surface area contributed by atoms with E-state index >= 15 is 0 Å². The van der Waals surface area contributed by atoms with E-state index in [0.717, 1.165) is 11.1 Å². The number of benzene rings is 3. The minimum Gasteiger partial charge on any atom is -0.326 e. The molecule has 0 atom stereocenters. The van der Waals surface area contributed by atoms with Crippen molar-refractivity contribution in [3.8, 4) is 0 Å².